The molecule has 3 unspecified atom stereocenters. The van der Waals surface area contributed by atoms with E-state index in [-0.39, 0.29) is 12.1 Å². The van der Waals surface area contributed by atoms with Gasteiger partial charge < -0.3 is 14.7 Å². The number of rotatable bonds is 3. The number of carboxylic acid groups (broad SMARTS) is 1. The van der Waals surface area contributed by atoms with Crippen molar-refractivity contribution in [2.75, 3.05) is 12.0 Å². The molecule has 1 N–H and O–H groups in total. The topological polar surface area (TPSA) is 75.5 Å². The highest BCUT2D eigenvalue weighted by Crippen LogP contribution is 2.43. The zero-order chi connectivity index (χ0) is 15.0. The lowest BCUT2D eigenvalue weighted by Crippen LogP contribution is -2.43. The van der Waals surface area contributed by atoms with E-state index in [1.807, 2.05) is 4.90 Å². The lowest BCUT2D eigenvalue weighted by molar-refractivity contribution is -0.138. The Bertz CT molecular complexity index is 554. The largest absolute Gasteiger partial charge is 0.480 e. The van der Waals surface area contributed by atoms with Gasteiger partial charge in [0.15, 0.2) is 5.82 Å². The first-order valence-electron chi connectivity index (χ1n) is 7.19. The predicted octanol–water partition coefficient (Wildman–Crippen LogP) is 2.36. The number of aliphatic carboxylic acids is 1. The number of fused-ring (bicyclic) bond motifs is 1. The van der Waals surface area contributed by atoms with Crippen LogP contribution in [0, 0.1) is 5.92 Å². The molecule has 0 bridgehead atoms. The van der Waals surface area contributed by atoms with E-state index in [0.717, 1.165) is 19.3 Å². The van der Waals surface area contributed by atoms with E-state index in [2.05, 4.69) is 9.97 Å². The van der Waals surface area contributed by atoms with Crippen LogP contribution in [0.3, 0.4) is 0 Å². The van der Waals surface area contributed by atoms with E-state index in [4.69, 9.17) is 16.3 Å². The highest BCUT2D eigenvalue weighted by molar-refractivity contribution is 6.32. The van der Waals surface area contributed by atoms with Crippen LogP contribution in [0.2, 0.25) is 5.02 Å². The molecule has 1 aliphatic carbocycles. The Balaban J connectivity index is 2.02. The normalized spacial score (nSPS) is 28.3. The molecule has 0 aromatic carbocycles. The maximum atomic E-state index is 11.6. The van der Waals surface area contributed by atoms with Gasteiger partial charge in [-0.05, 0) is 25.2 Å². The first-order chi connectivity index (χ1) is 10.1. The standard InChI is InChI=1S/C14H18ClN3O3/c1-21-14-16-7-9(15)12(17-14)18-10-5-3-2-4-8(10)6-11(18)13(19)20/h7-8,10-11H,2-6H2,1H3,(H,19,20). The van der Waals surface area contributed by atoms with Crippen molar-refractivity contribution in [3.63, 3.8) is 0 Å². The van der Waals surface area contributed by atoms with Crippen LogP contribution in [0.25, 0.3) is 0 Å². The molecule has 114 valence electrons. The van der Waals surface area contributed by atoms with Gasteiger partial charge in [-0.1, -0.05) is 24.4 Å². The summed E-state index contributed by atoms with van der Waals surface area (Å²) >= 11 is 6.22. The zero-order valence-corrected chi connectivity index (χ0v) is 12.6. The third-order valence-electron chi connectivity index (χ3n) is 4.50. The number of methoxy groups -OCH3 is 1. The second-order valence-corrected chi connectivity index (χ2v) is 6.04. The van der Waals surface area contributed by atoms with Crippen LogP contribution in [0.15, 0.2) is 6.20 Å². The van der Waals surface area contributed by atoms with Gasteiger partial charge in [0.2, 0.25) is 0 Å². The summed E-state index contributed by atoms with van der Waals surface area (Å²) in [6, 6.07) is -0.176. The molecule has 0 radical (unpaired) electrons. The summed E-state index contributed by atoms with van der Waals surface area (Å²) in [4.78, 5) is 21.8. The molecule has 1 aliphatic heterocycles. The lowest BCUT2D eigenvalue weighted by atomic mass is 9.85. The number of ether oxygens (including phenoxy) is 1. The monoisotopic (exact) mass is 311 g/mol. The van der Waals surface area contributed by atoms with Gasteiger partial charge >= 0.3 is 12.0 Å². The summed E-state index contributed by atoms with van der Waals surface area (Å²) in [6.07, 6.45) is 6.47. The van der Waals surface area contributed by atoms with E-state index in [1.165, 1.54) is 19.7 Å². The Morgan fingerprint density at radius 2 is 2.24 bits per heavy atom. The van der Waals surface area contributed by atoms with Crippen LogP contribution >= 0.6 is 11.6 Å². The minimum atomic E-state index is -0.821. The van der Waals surface area contributed by atoms with E-state index in [1.54, 1.807) is 0 Å². The zero-order valence-electron chi connectivity index (χ0n) is 11.8. The van der Waals surface area contributed by atoms with Crippen molar-refractivity contribution in [1.82, 2.24) is 9.97 Å². The van der Waals surface area contributed by atoms with Crippen molar-refractivity contribution >= 4 is 23.4 Å². The number of nitrogens with zero attached hydrogens (tertiary/aromatic N) is 3. The molecule has 3 rings (SSSR count). The Hall–Kier alpha value is -1.56. The summed E-state index contributed by atoms with van der Waals surface area (Å²) < 4.78 is 5.05. The molecule has 3 atom stereocenters. The van der Waals surface area contributed by atoms with Crippen molar-refractivity contribution < 1.29 is 14.6 Å². The van der Waals surface area contributed by atoms with Gasteiger partial charge in [-0.15, -0.1) is 0 Å². The second-order valence-electron chi connectivity index (χ2n) is 5.64. The second kappa shape index (κ2) is 5.67. The number of anilines is 1. The van der Waals surface area contributed by atoms with E-state index < -0.39 is 12.0 Å². The number of carboxylic acids is 1. The molecule has 0 spiro atoms. The third-order valence-corrected chi connectivity index (χ3v) is 4.77. The van der Waals surface area contributed by atoms with E-state index in [0.29, 0.717) is 23.2 Å². The van der Waals surface area contributed by atoms with Crippen LogP contribution in [0.1, 0.15) is 32.1 Å². The Morgan fingerprint density at radius 1 is 1.48 bits per heavy atom. The van der Waals surface area contributed by atoms with Crippen LogP contribution in [-0.4, -0.2) is 40.2 Å². The number of halogens is 1. The molecule has 21 heavy (non-hydrogen) atoms. The summed E-state index contributed by atoms with van der Waals surface area (Å²) in [6.45, 7) is 0. The first-order valence-corrected chi connectivity index (χ1v) is 7.57. The molecule has 1 aromatic rings. The number of carbonyl (C=O) groups is 1. The molecule has 1 saturated heterocycles. The van der Waals surface area contributed by atoms with Gasteiger partial charge in [0.05, 0.1) is 13.3 Å². The van der Waals surface area contributed by atoms with E-state index in [9.17, 15) is 9.90 Å². The molecule has 1 saturated carbocycles. The molecule has 0 amide bonds. The smallest absolute Gasteiger partial charge is 0.326 e. The first kappa shape index (κ1) is 14.4. The van der Waals surface area contributed by atoms with Gasteiger partial charge in [0.1, 0.15) is 11.1 Å². The fourth-order valence-corrected chi connectivity index (χ4v) is 3.80. The molecule has 6 nitrogen and oxygen atoms in total. The molecular weight excluding hydrogens is 294 g/mol. The molecule has 1 aromatic heterocycles. The average Bonchev–Trinajstić information content (AvgIpc) is 2.87. The van der Waals surface area contributed by atoms with Crippen LogP contribution in [0.4, 0.5) is 5.82 Å². The summed E-state index contributed by atoms with van der Waals surface area (Å²) in [5.41, 5.74) is 0. The minimum absolute atomic E-state index is 0.192. The van der Waals surface area contributed by atoms with Crippen molar-refractivity contribution in [1.29, 1.82) is 0 Å². The highest BCUT2D eigenvalue weighted by atomic mass is 35.5. The highest BCUT2D eigenvalue weighted by Gasteiger charge is 2.46. The fraction of sp³-hybridized carbons (Fsp3) is 0.643. The Morgan fingerprint density at radius 3 is 2.95 bits per heavy atom. The van der Waals surface area contributed by atoms with Crippen molar-refractivity contribution in [3.05, 3.63) is 11.2 Å². The maximum Gasteiger partial charge on any atom is 0.326 e. The minimum Gasteiger partial charge on any atom is -0.480 e. The molecule has 2 fully saturated rings. The van der Waals surface area contributed by atoms with Crippen molar-refractivity contribution in [2.45, 2.75) is 44.2 Å². The average molecular weight is 312 g/mol. The molecule has 7 heteroatoms. The van der Waals surface area contributed by atoms with Gasteiger partial charge in [0, 0.05) is 6.04 Å². The maximum absolute atomic E-state index is 11.6. The number of aromatic nitrogens is 2. The van der Waals surface area contributed by atoms with Crippen LogP contribution in [-0.2, 0) is 4.79 Å². The Labute approximate surface area is 128 Å². The van der Waals surface area contributed by atoms with Crippen LogP contribution < -0.4 is 9.64 Å². The van der Waals surface area contributed by atoms with E-state index >= 15 is 0 Å². The SMILES string of the molecule is COc1ncc(Cl)c(N2C(C(=O)O)CC3CCCCC32)n1. The molecular formula is C14H18ClN3O3. The van der Waals surface area contributed by atoms with Gasteiger partial charge in [-0.25, -0.2) is 9.78 Å². The fourth-order valence-electron chi connectivity index (χ4n) is 3.61. The van der Waals surface area contributed by atoms with Gasteiger partial charge in [0.25, 0.3) is 0 Å². The van der Waals surface area contributed by atoms with Gasteiger partial charge in [-0.3, -0.25) is 0 Å². The number of hydrogen-bond donors (Lipinski definition) is 1. The number of hydrogen-bond acceptors (Lipinski definition) is 5. The lowest BCUT2D eigenvalue weighted by Gasteiger charge is -2.34. The van der Waals surface area contributed by atoms with Gasteiger partial charge in [-0.2, -0.15) is 4.98 Å². The molecule has 2 heterocycles. The van der Waals surface area contributed by atoms with Crippen molar-refractivity contribution in [2.24, 2.45) is 5.92 Å². The van der Waals surface area contributed by atoms with Crippen molar-refractivity contribution in [3.8, 4) is 6.01 Å². The Kier molecular flexibility index (Phi) is 3.89. The third kappa shape index (κ3) is 2.52. The molecule has 2 aliphatic rings. The summed E-state index contributed by atoms with van der Waals surface area (Å²) in [7, 11) is 1.48. The predicted molar refractivity (Wildman–Crippen MR) is 77.9 cm³/mol. The summed E-state index contributed by atoms with van der Waals surface area (Å²) in [5.74, 6) is 0.0558. The quantitative estimate of drug-likeness (QED) is 0.923. The summed E-state index contributed by atoms with van der Waals surface area (Å²) in [5, 5.41) is 9.92. The van der Waals surface area contributed by atoms with Crippen LogP contribution in [0.5, 0.6) is 6.01 Å².